The Bertz CT molecular complexity index is 2520. The van der Waals surface area contributed by atoms with Gasteiger partial charge in [-0.2, -0.15) is 5.10 Å². The molecule has 6 aromatic rings. The largest absolute Gasteiger partial charge is 0.496 e. The smallest absolute Gasteiger partial charge is 0.332 e. The Hall–Kier alpha value is -5.15. The van der Waals surface area contributed by atoms with Gasteiger partial charge >= 0.3 is 5.69 Å². The first-order valence-electron chi connectivity index (χ1n) is 20.2. The van der Waals surface area contributed by atoms with Crippen LogP contribution in [0.1, 0.15) is 76.1 Å². The second-order valence-corrected chi connectivity index (χ2v) is 21.7. The molecule has 3 aromatic carbocycles. The van der Waals surface area contributed by atoms with Crippen molar-refractivity contribution >= 4 is 46.2 Å². The summed E-state index contributed by atoms with van der Waals surface area (Å²) in [6, 6.07) is 26.3. The zero-order valence-corrected chi connectivity index (χ0v) is 35.8. The highest BCUT2D eigenvalue weighted by atomic mass is 32.1. The summed E-state index contributed by atoms with van der Waals surface area (Å²) < 4.78 is 39.7. The fourth-order valence-corrected chi connectivity index (χ4v) is 15.0. The molecule has 1 aliphatic heterocycles. The number of nitrogens with one attached hydrogen (secondary N) is 1. The van der Waals surface area contributed by atoms with Gasteiger partial charge in [0.1, 0.15) is 33.5 Å². The molecule has 1 N–H and O–H groups in total. The number of halogens is 1. The minimum absolute atomic E-state index is 0.0264. The second-order valence-electron chi connectivity index (χ2n) is 16.5. The number of aromatic nitrogens is 4. The van der Waals surface area contributed by atoms with Gasteiger partial charge in [0.05, 0.1) is 25.1 Å². The van der Waals surface area contributed by atoms with Crippen molar-refractivity contribution < 1.29 is 23.1 Å². The average molecular weight is 836 g/mol. The van der Waals surface area contributed by atoms with E-state index in [4.69, 9.17) is 13.9 Å². The Balaban J connectivity index is 1.16. The molecule has 0 unspecified atom stereocenters. The number of methoxy groups -OCH3 is 1. The lowest BCUT2D eigenvalue weighted by Gasteiger charge is -2.46. The van der Waals surface area contributed by atoms with Gasteiger partial charge in [-0.3, -0.25) is 14.2 Å². The fourth-order valence-electron chi connectivity index (χ4n) is 9.02. The Labute approximate surface area is 347 Å². The number of carbonyl (C=O) groups is 1. The number of benzene rings is 3. The van der Waals surface area contributed by atoms with Crippen molar-refractivity contribution in [1.29, 1.82) is 0 Å². The first-order valence-corrected chi connectivity index (χ1v) is 23.0. The van der Waals surface area contributed by atoms with Crippen LogP contribution in [0.2, 0.25) is 5.04 Å². The zero-order chi connectivity index (χ0) is 41.5. The van der Waals surface area contributed by atoms with Gasteiger partial charge in [-0.25, -0.2) is 18.4 Å². The normalized spacial score (nSPS) is 19.2. The summed E-state index contributed by atoms with van der Waals surface area (Å²) in [5, 5.41) is 10.4. The van der Waals surface area contributed by atoms with Crippen LogP contribution < -0.4 is 31.7 Å². The highest BCUT2D eigenvalue weighted by Crippen LogP contribution is 2.41. The van der Waals surface area contributed by atoms with E-state index in [0.717, 1.165) is 17.4 Å². The number of thiophene rings is 1. The van der Waals surface area contributed by atoms with E-state index >= 15 is 4.39 Å². The SMILES string of the molecule is COc1ccc(F)cc1[C@H](Cn1c(=O)n([C@@H]2CCNC2=O)c(=O)c2c(C)c(-n3cccn3)sc21)OC1CCC(O[Si](c2ccccc2)(c2ccccc2)C(C)(C)C)CC1. The third-order valence-electron chi connectivity index (χ3n) is 11.9. The van der Waals surface area contributed by atoms with Gasteiger partial charge < -0.3 is 19.2 Å². The third-order valence-corrected chi connectivity index (χ3v) is 18.3. The summed E-state index contributed by atoms with van der Waals surface area (Å²) in [5.74, 6) is -0.450. The first-order chi connectivity index (χ1) is 28.4. The molecular formula is C45H50FN5O6SSi. The topological polar surface area (TPSA) is 119 Å². The summed E-state index contributed by atoms with van der Waals surface area (Å²) in [5.41, 5.74) is -0.0885. The van der Waals surface area contributed by atoms with E-state index in [1.807, 2.05) is 19.1 Å². The Morgan fingerprint density at radius 1 is 0.915 bits per heavy atom. The van der Waals surface area contributed by atoms with Crippen molar-refractivity contribution in [2.24, 2.45) is 0 Å². The van der Waals surface area contributed by atoms with Gasteiger partial charge in [0, 0.05) is 36.2 Å². The zero-order valence-electron chi connectivity index (χ0n) is 34.0. The molecule has 3 aromatic heterocycles. The van der Waals surface area contributed by atoms with Gasteiger partial charge in [0.25, 0.3) is 13.9 Å². The van der Waals surface area contributed by atoms with Crippen molar-refractivity contribution in [2.75, 3.05) is 13.7 Å². The van der Waals surface area contributed by atoms with E-state index in [1.165, 1.54) is 45.5 Å². The summed E-state index contributed by atoms with van der Waals surface area (Å²) in [4.78, 5) is 42.4. The number of ether oxygens (including phenoxy) is 2. The van der Waals surface area contributed by atoms with Gasteiger partial charge in [-0.1, -0.05) is 92.8 Å². The van der Waals surface area contributed by atoms with Gasteiger partial charge in [-0.05, 0) is 78.7 Å². The summed E-state index contributed by atoms with van der Waals surface area (Å²) >= 11 is 1.26. The third kappa shape index (κ3) is 7.51. The number of carbonyl (C=O) groups excluding carboxylic acids is 1. The van der Waals surface area contributed by atoms with Crippen molar-refractivity contribution in [1.82, 2.24) is 24.2 Å². The molecule has 0 radical (unpaired) electrons. The number of fused-ring (bicyclic) bond motifs is 1. The number of aryl methyl sites for hydroxylation is 1. The first kappa shape index (κ1) is 40.6. The molecule has 1 saturated carbocycles. The van der Waals surface area contributed by atoms with E-state index in [9.17, 15) is 14.4 Å². The Morgan fingerprint density at radius 3 is 2.15 bits per heavy atom. The number of nitrogens with zero attached hydrogens (tertiary/aromatic N) is 4. The van der Waals surface area contributed by atoms with Crippen LogP contribution in [0.5, 0.6) is 5.75 Å². The molecular weight excluding hydrogens is 786 g/mol. The minimum atomic E-state index is -2.79. The van der Waals surface area contributed by atoms with Gasteiger partial charge in [0.15, 0.2) is 0 Å². The highest BCUT2D eigenvalue weighted by Gasteiger charge is 2.51. The molecule has 0 spiro atoms. The molecule has 1 amide bonds. The lowest BCUT2D eigenvalue weighted by Crippen LogP contribution is -2.67. The van der Waals surface area contributed by atoms with Crippen molar-refractivity contribution in [3.05, 3.63) is 135 Å². The van der Waals surface area contributed by atoms with Crippen molar-refractivity contribution in [3.8, 4) is 10.8 Å². The molecule has 1 saturated heterocycles. The standard InChI is InChI=1S/C45H50FN5O6SSi/c1-29-39-41(53)51(36-23-25-47-40(36)52)44(54)49(43(39)58-42(29)50-26-12-24-48-50)28-38(35-27-30(46)17-22-37(35)55-5)56-31-18-20-32(21-19-31)57-59(45(2,3)4,33-13-8-6-9-14-33)34-15-10-7-11-16-34/h6-17,22,24,26-27,31-32,36,38H,18-21,23,25,28H2,1-5H3,(H,47,52)/t31?,32?,36-,38+/m1/s1. The Morgan fingerprint density at radius 2 is 1.58 bits per heavy atom. The number of rotatable bonds is 12. The molecule has 2 atom stereocenters. The molecule has 2 aliphatic rings. The number of hydrogen-bond donors (Lipinski definition) is 1. The molecule has 4 heterocycles. The molecule has 59 heavy (non-hydrogen) atoms. The van der Waals surface area contributed by atoms with Crippen LogP contribution in [0.3, 0.4) is 0 Å². The molecule has 1 aliphatic carbocycles. The van der Waals surface area contributed by atoms with Crippen molar-refractivity contribution in [3.63, 3.8) is 0 Å². The molecule has 0 bridgehead atoms. The van der Waals surface area contributed by atoms with Crippen LogP contribution in [0, 0.1) is 12.7 Å². The van der Waals surface area contributed by atoms with Crippen LogP contribution >= 0.6 is 11.3 Å². The predicted octanol–water partition coefficient (Wildman–Crippen LogP) is 6.57. The Kier molecular flexibility index (Phi) is 11.3. The van der Waals surface area contributed by atoms with E-state index < -0.39 is 37.5 Å². The maximum absolute atomic E-state index is 15.2. The van der Waals surface area contributed by atoms with Crippen LogP contribution in [0.15, 0.2) is 107 Å². The summed E-state index contributed by atoms with van der Waals surface area (Å²) in [6.07, 6.45) is 5.40. The second kappa shape index (κ2) is 16.5. The number of amides is 1. The highest BCUT2D eigenvalue weighted by molar-refractivity contribution is 7.21. The van der Waals surface area contributed by atoms with Crippen LogP contribution in [0.4, 0.5) is 4.39 Å². The lowest BCUT2D eigenvalue weighted by molar-refractivity contribution is -0.122. The van der Waals surface area contributed by atoms with Gasteiger partial charge in [0.2, 0.25) is 5.91 Å². The maximum atomic E-state index is 15.2. The van der Waals surface area contributed by atoms with E-state index in [1.54, 1.807) is 29.2 Å². The minimum Gasteiger partial charge on any atom is -0.496 e. The quantitative estimate of drug-likeness (QED) is 0.139. The molecule has 2 fully saturated rings. The van der Waals surface area contributed by atoms with E-state index in [0.29, 0.717) is 57.9 Å². The predicted molar refractivity (Wildman–Crippen MR) is 230 cm³/mol. The molecule has 308 valence electrons. The van der Waals surface area contributed by atoms with Crippen LogP contribution in [-0.2, 0) is 20.5 Å². The molecule has 11 nitrogen and oxygen atoms in total. The van der Waals surface area contributed by atoms with Crippen molar-refractivity contribution in [2.45, 2.75) is 95.7 Å². The fraction of sp³-hybridized carbons (Fsp3) is 0.378. The van der Waals surface area contributed by atoms with Gasteiger partial charge in [-0.15, -0.1) is 0 Å². The van der Waals surface area contributed by atoms with E-state index in [2.05, 4.69) is 79.7 Å². The maximum Gasteiger partial charge on any atom is 0.332 e. The van der Waals surface area contributed by atoms with E-state index in [-0.39, 0.29) is 29.7 Å². The molecule has 14 heteroatoms. The number of hydrogen-bond acceptors (Lipinski definition) is 8. The average Bonchev–Trinajstić information content (AvgIpc) is 4.00. The summed E-state index contributed by atoms with van der Waals surface area (Å²) in [7, 11) is -1.28. The summed E-state index contributed by atoms with van der Waals surface area (Å²) in [6.45, 7) is 8.93. The lowest BCUT2D eigenvalue weighted by atomic mass is 9.94. The monoisotopic (exact) mass is 835 g/mol. The van der Waals surface area contributed by atoms with Crippen LogP contribution in [0.25, 0.3) is 15.2 Å². The van der Waals surface area contributed by atoms with Crippen LogP contribution in [-0.4, -0.2) is 59.0 Å². The molecule has 8 rings (SSSR count).